The lowest BCUT2D eigenvalue weighted by Gasteiger charge is -1.99. The SMILES string of the molecule is O=C(O)c1ccc2c(c1)B(O)OC2. The zero-order chi connectivity index (χ0) is 9.42. The molecule has 0 spiro atoms. The number of carbonyl (C=O) groups is 1. The van der Waals surface area contributed by atoms with Crippen molar-refractivity contribution in [2.75, 3.05) is 0 Å². The number of aromatic carboxylic acids is 1. The summed E-state index contributed by atoms with van der Waals surface area (Å²) in [6.45, 7) is 0.344. The minimum Gasteiger partial charge on any atom is -0.478 e. The van der Waals surface area contributed by atoms with Gasteiger partial charge in [-0.3, -0.25) is 0 Å². The Labute approximate surface area is 74.9 Å². The Morgan fingerprint density at radius 1 is 1.54 bits per heavy atom. The number of rotatable bonds is 1. The normalized spacial score (nSPS) is 14.4. The molecule has 13 heavy (non-hydrogen) atoms. The average Bonchev–Trinajstić information content (AvgIpc) is 2.47. The second-order valence-electron chi connectivity index (χ2n) is 2.88. The summed E-state index contributed by atoms with van der Waals surface area (Å²) in [6.07, 6.45) is 0. The summed E-state index contributed by atoms with van der Waals surface area (Å²) in [5.74, 6) is -0.998. The number of carboxylic acids is 1. The fraction of sp³-hybridized carbons (Fsp3) is 0.125. The number of benzene rings is 1. The quantitative estimate of drug-likeness (QED) is 0.574. The van der Waals surface area contributed by atoms with Crippen molar-refractivity contribution in [2.24, 2.45) is 0 Å². The van der Waals surface area contributed by atoms with Crippen LogP contribution in [0.2, 0.25) is 0 Å². The fourth-order valence-corrected chi connectivity index (χ4v) is 1.35. The highest BCUT2D eigenvalue weighted by molar-refractivity contribution is 6.61. The van der Waals surface area contributed by atoms with E-state index in [0.717, 1.165) is 5.56 Å². The molecule has 2 N–H and O–H groups in total. The molecule has 1 aliphatic heterocycles. The molecular weight excluding hydrogens is 171 g/mol. The lowest BCUT2D eigenvalue weighted by Crippen LogP contribution is -2.28. The molecule has 1 aliphatic rings. The van der Waals surface area contributed by atoms with Crippen molar-refractivity contribution in [1.29, 1.82) is 0 Å². The molecule has 0 unspecified atom stereocenters. The smallest absolute Gasteiger partial charge is 0.478 e. The van der Waals surface area contributed by atoms with Gasteiger partial charge in [0, 0.05) is 0 Å². The van der Waals surface area contributed by atoms with Crippen molar-refractivity contribution in [2.45, 2.75) is 6.61 Å². The standard InChI is InChI=1S/C8H7BO4/c10-8(11)5-1-2-6-4-13-9(12)7(6)3-5/h1-3,12H,4H2,(H,10,11). The van der Waals surface area contributed by atoms with E-state index in [2.05, 4.69) is 0 Å². The molecule has 1 aromatic rings. The molecular formula is C8H7BO4. The van der Waals surface area contributed by atoms with Crippen molar-refractivity contribution < 1.29 is 19.6 Å². The number of hydrogen-bond acceptors (Lipinski definition) is 3. The van der Waals surface area contributed by atoms with Gasteiger partial charge in [0.25, 0.3) is 0 Å². The molecule has 0 aromatic heterocycles. The van der Waals surface area contributed by atoms with E-state index in [1.54, 1.807) is 6.07 Å². The number of carboxylic acid groups (broad SMARTS) is 1. The minimum atomic E-state index is -0.998. The Bertz CT molecular complexity index is 363. The number of fused-ring (bicyclic) bond motifs is 1. The predicted molar refractivity (Wildman–Crippen MR) is 45.8 cm³/mol. The van der Waals surface area contributed by atoms with Crippen LogP contribution < -0.4 is 5.46 Å². The van der Waals surface area contributed by atoms with Crippen molar-refractivity contribution in [3.8, 4) is 0 Å². The van der Waals surface area contributed by atoms with Crippen LogP contribution in [0.5, 0.6) is 0 Å². The second-order valence-corrected chi connectivity index (χ2v) is 2.88. The molecule has 1 aromatic carbocycles. The Morgan fingerprint density at radius 2 is 2.31 bits per heavy atom. The monoisotopic (exact) mass is 178 g/mol. The molecule has 0 fully saturated rings. The molecule has 0 saturated carbocycles. The van der Waals surface area contributed by atoms with Gasteiger partial charge in [-0.1, -0.05) is 6.07 Å². The first-order valence-corrected chi connectivity index (χ1v) is 3.84. The van der Waals surface area contributed by atoms with E-state index in [-0.39, 0.29) is 5.56 Å². The highest BCUT2D eigenvalue weighted by Crippen LogP contribution is 2.11. The van der Waals surface area contributed by atoms with Crippen molar-refractivity contribution >= 4 is 18.6 Å². The Balaban J connectivity index is 2.47. The van der Waals surface area contributed by atoms with E-state index in [9.17, 15) is 9.82 Å². The van der Waals surface area contributed by atoms with Crippen LogP contribution in [-0.4, -0.2) is 23.2 Å². The topological polar surface area (TPSA) is 66.8 Å². The maximum Gasteiger partial charge on any atom is 0.491 e. The molecule has 0 aliphatic carbocycles. The molecule has 66 valence electrons. The maximum atomic E-state index is 10.6. The van der Waals surface area contributed by atoms with Gasteiger partial charge in [0.05, 0.1) is 12.2 Å². The summed E-state index contributed by atoms with van der Waals surface area (Å²) < 4.78 is 4.92. The molecule has 0 saturated heterocycles. The molecule has 5 heteroatoms. The summed E-state index contributed by atoms with van der Waals surface area (Å²) in [6, 6.07) is 4.60. The molecule has 0 amide bonds. The fourth-order valence-electron chi connectivity index (χ4n) is 1.35. The van der Waals surface area contributed by atoms with Crippen LogP contribution in [-0.2, 0) is 11.3 Å². The predicted octanol–water partition coefficient (Wildman–Crippen LogP) is -0.398. The van der Waals surface area contributed by atoms with Gasteiger partial charge in [-0.15, -0.1) is 0 Å². The molecule has 1 heterocycles. The van der Waals surface area contributed by atoms with E-state index in [4.69, 9.17) is 9.76 Å². The van der Waals surface area contributed by atoms with Crippen LogP contribution in [0.4, 0.5) is 0 Å². The Kier molecular flexibility index (Phi) is 1.83. The maximum absolute atomic E-state index is 10.6. The second kappa shape index (κ2) is 2.87. The molecule has 2 rings (SSSR count). The van der Waals surface area contributed by atoms with Crippen molar-refractivity contribution in [3.63, 3.8) is 0 Å². The van der Waals surface area contributed by atoms with Gasteiger partial charge in [0.15, 0.2) is 0 Å². The summed E-state index contributed by atoms with van der Waals surface area (Å²) in [7, 11) is -0.978. The summed E-state index contributed by atoms with van der Waals surface area (Å²) >= 11 is 0. The van der Waals surface area contributed by atoms with E-state index in [1.165, 1.54) is 12.1 Å². The zero-order valence-electron chi connectivity index (χ0n) is 6.73. The van der Waals surface area contributed by atoms with Gasteiger partial charge in [-0.2, -0.15) is 0 Å². The van der Waals surface area contributed by atoms with Gasteiger partial charge in [-0.05, 0) is 23.2 Å². The van der Waals surface area contributed by atoms with Crippen LogP contribution in [0.1, 0.15) is 15.9 Å². The molecule has 0 atom stereocenters. The first-order chi connectivity index (χ1) is 6.18. The third kappa shape index (κ3) is 1.32. The third-order valence-corrected chi connectivity index (χ3v) is 2.06. The zero-order valence-corrected chi connectivity index (χ0v) is 6.73. The molecule has 4 nitrogen and oxygen atoms in total. The lowest BCUT2D eigenvalue weighted by atomic mass is 9.79. The highest BCUT2D eigenvalue weighted by atomic mass is 16.5. The average molecular weight is 178 g/mol. The molecule has 0 radical (unpaired) electrons. The van der Waals surface area contributed by atoms with Crippen LogP contribution in [0.3, 0.4) is 0 Å². The third-order valence-electron chi connectivity index (χ3n) is 2.06. The van der Waals surface area contributed by atoms with Gasteiger partial charge in [0.1, 0.15) is 0 Å². The Morgan fingerprint density at radius 3 is 3.00 bits per heavy atom. The van der Waals surface area contributed by atoms with Gasteiger partial charge in [0.2, 0.25) is 0 Å². The molecule has 0 bridgehead atoms. The van der Waals surface area contributed by atoms with E-state index in [1.807, 2.05) is 0 Å². The largest absolute Gasteiger partial charge is 0.491 e. The summed E-state index contributed by atoms with van der Waals surface area (Å²) in [5.41, 5.74) is 1.57. The first kappa shape index (κ1) is 8.28. The van der Waals surface area contributed by atoms with Gasteiger partial charge < -0.3 is 14.8 Å². The van der Waals surface area contributed by atoms with Crippen LogP contribution >= 0.6 is 0 Å². The van der Waals surface area contributed by atoms with Crippen molar-refractivity contribution in [1.82, 2.24) is 0 Å². The van der Waals surface area contributed by atoms with E-state index in [0.29, 0.717) is 12.1 Å². The number of hydrogen-bond donors (Lipinski definition) is 2. The lowest BCUT2D eigenvalue weighted by molar-refractivity contribution is 0.0697. The summed E-state index contributed by atoms with van der Waals surface area (Å²) in [4.78, 5) is 10.6. The van der Waals surface area contributed by atoms with Crippen LogP contribution in [0, 0.1) is 0 Å². The first-order valence-electron chi connectivity index (χ1n) is 3.84. The van der Waals surface area contributed by atoms with E-state index < -0.39 is 13.1 Å². The van der Waals surface area contributed by atoms with E-state index >= 15 is 0 Å². The Hall–Kier alpha value is -1.33. The van der Waals surface area contributed by atoms with Crippen molar-refractivity contribution in [3.05, 3.63) is 29.3 Å². The van der Waals surface area contributed by atoms with Crippen LogP contribution in [0.15, 0.2) is 18.2 Å². The van der Waals surface area contributed by atoms with Gasteiger partial charge in [-0.25, -0.2) is 4.79 Å². The van der Waals surface area contributed by atoms with Crippen LogP contribution in [0.25, 0.3) is 0 Å². The highest BCUT2D eigenvalue weighted by Gasteiger charge is 2.27. The van der Waals surface area contributed by atoms with Gasteiger partial charge >= 0.3 is 13.1 Å². The minimum absolute atomic E-state index is 0.170. The summed E-state index contributed by atoms with van der Waals surface area (Å²) in [5, 5.41) is 18.0.